The Hall–Kier alpha value is -1.48. The molecule has 0 saturated carbocycles. The normalized spacial score (nSPS) is 23.1. The molecule has 3 nitrogen and oxygen atoms in total. The van der Waals surface area contributed by atoms with E-state index in [4.69, 9.17) is 0 Å². The second kappa shape index (κ2) is 9.35. The zero-order chi connectivity index (χ0) is 21.1. The average molecular weight is 389 g/mol. The van der Waals surface area contributed by atoms with E-state index >= 15 is 0 Å². The van der Waals surface area contributed by atoms with Crippen LogP contribution in [0.1, 0.15) is 97.1 Å². The van der Waals surface area contributed by atoms with Crippen LogP contribution in [0.3, 0.4) is 0 Å². The molecule has 0 amide bonds. The molecule has 0 saturated heterocycles. The molecule has 0 aliphatic heterocycles. The van der Waals surface area contributed by atoms with Crippen molar-refractivity contribution < 1.29 is 15.3 Å². The third kappa shape index (κ3) is 5.11. The number of hydrogen-bond donors (Lipinski definition) is 3. The van der Waals surface area contributed by atoms with E-state index < -0.39 is 6.10 Å². The molecule has 0 aromatic heterocycles. The molecular formula is C25H40O3. The summed E-state index contributed by atoms with van der Waals surface area (Å²) in [6.45, 7) is 12.8. The zero-order valence-electron chi connectivity index (χ0n) is 18.6. The minimum atomic E-state index is -0.436. The molecule has 28 heavy (non-hydrogen) atoms. The lowest BCUT2D eigenvalue weighted by Crippen LogP contribution is -2.29. The van der Waals surface area contributed by atoms with Gasteiger partial charge in [-0.3, -0.25) is 0 Å². The van der Waals surface area contributed by atoms with Gasteiger partial charge in [0.1, 0.15) is 11.5 Å². The van der Waals surface area contributed by atoms with Crippen LogP contribution in [-0.2, 0) is 5.41 Å². The Morgan fingerprint density at radius 2 is 1.68 bits per heavy atom. The number of benzene rings is 1. The smallest absolute Gasteiger partial charge is 0.123 e. The number of aliphatic hydroxyl groups excluding tert-OH is 1. The Morgan fingerprint density at radius 1 is 1.07 bits per heavy atom. The summed E-state index contributed by atoms with van der Waals surface area (Å²) in [6.07, 6.45) is 8.14. The summed E-state index contributed by atoms with van der Waals surface area (Å²) in [5.41, 5.74) is 2.42. The van der Waals surface area contributed by atoms with Gasteiger partial charge < -0.3 is 15.3 Å². The summed E-state index contributed by atoms with van der Waals surface area (Å²) in [6, 6.07) is 3.70. The molecule has 1 aliphatic carbocycles. The molecule has 1 aromatic rings. The van der Waals surface area contributed by atoms with E-state index in [1.54, 1.807) is 0 Å². The highest BCUT2D eigenvalue weighted by molar-refractivity contribution is 5.52. The number of rotatable bonds is 8. The van der Waals surface area contributed by atoms with Gasteiger partial charge in [-0.25, -0.2) is 0 Å². The topological polar surface area (TPSA) is 60.7 Å². The largest absolute Gasteiger partial charge is 0.507 e. The van der Waals surface area contributed by atoms with E-state index in [0.29, 0.717) is 17.9 Å². The highest BCUT2D eigenvalue weighted by Gasteiger charge is 2.35. The lowest BCUT2D eigenvalue weighted by Gasteiger charge is -2.36. The Bertz CT molecular complexity index is 664. The monoisotopic (exact) mass is 388 g/mol. The third-order valence-electron chi connectivity index (χ3n) is 6.69. The van der Waals surface area contributed by atoms with E-state index in [1.165, 1.54) is 19.3 Å². The number of aliphatic hydroxyl groups is 1. The van der Waals surface area contributed by atoms with Gasteiger partial charge in [0.25, 0.3) is 0 Å². The molecule has 0 spiro atoms. The summed E-state index contributed by atoms with van der Waals surface area (Å²) in [7, 11) is 0. The Labute approximate surface area is 171 Å². The first-order chi connectivity index (χ1) is 13.1. The Balaban J connectivity index is 2.35. The maximum absolute atomic E-state index is 10.9. The summed E-state index contributed by atoms with van der Waals surface area (Å²) in [5.74, 6) is 0.798. The van der Waals surface area contributed by atoms with E-state index in [-0.39, 0.29) is 28.7 Å². The van der Waals surface area contributed by atoms with Crippen molar-refractivity contribution in [3.8, 4) is 11.5 Å². The van der Waals surface area contributed by atoms with Gasteiger partial charge in [-0.15, -0.1) is 0 Å². The van der Waals surface area contributed by atoms with Gasteiger partial charge in [-0.1, -0.05) is 66.4 Å². The van der Waals surface area contributed by atoms with E-state index in [0.717, 1.165) is 24.0 Å². The summed E-state index contributed by atoms with van der Waals surface area (Å²) in [5, 5.41) is 32.1. The van der Waals surface area contributed by atoms with Crippen LogP contribution in [-0.4, -0.2) is 21.4 Å². The number of allylic oxidation sites excluding steroid dienone is 1. The van der Waals surface area contributed by atoms with Crippen molar-refractivity contribution in [1.29, 1.82) is 0 Å². The molecule has 2 rings (SSSR count). The van der Waals surface area contributed by atoms with E-state index in [2.05, 4.69) is 34.6 Å². The zero-order valence-corrected chi connectivity index (χ0v) is 18.6. The molecule has 0 bridgehead atoms. The van der Waals surface area contributed by atoms with Crippen molar-refractivity contribution in [2.75, 3.05) is 0 Å². The first-order valence-electron chi connectivity index (χ1n) is 11.0. The molecule has 3 atom stereocenters. The molecule has 158 valence electrons. The number of aromatic hydroxyl groups is 2. The Kier molecular flexibility index (Phi) is 7.61. The number of phenols is 2. The Morgan fingerprint density at radius 3 is 2.21 bits per heavy atom. The minimum Gasteiger partial charge on any atom is -0.507 e. The number of hydrogen-bond acceptors (Lipinski definition) is 3. The van der Waals surface area contributed by atoms with Crippen LogP contribution in [0.2, 0.25) is 0 Å². The maximum Gasteiger partial charge on any atom is 0.123 e. The molecule has 0 heterocycles. The highest BCUT2D eigenvalue weighted by Crippen LogP contribution is 2.48. The SMILES string of the molecule is CCCCCCC(C)(C)c1cc(O)c(C2C=C(C)C(O)CC2C(C)C)c(O)c1. The quantitative estimate of drug-likeness (QED) is 0.356. The van der Waals surface area contributed by atoms with Gasteiger partial charge in [-0.05, 0) is 60.3 Å². The van der Waals surface area contributed by atoms with Crippen LogP contribution >= 0.6 is 0 Å². The average Bonchev–Trinajstić information content (AvgIpc) is 2.60. The molecule has 0 radical (unpaired) electrons. The van der Waals surface area contributed by atoms with Crippen molar-refractivity contribution in [2.45, 2.75) is 97.5 Å². The summed E-state index contributed by atoms with van der Waals surface area (Å²) < 4.78 is 0. The molecule has 3 heteroatoms. The molecule has 3 unspecified atom stereocenters. The van der Waals surface area contributed by atoms with Crippen molar-refractivity contribution >= 4 is 0 Å². The van der Waals surface area contributed by atoms with Crippen LogP contribution in [0.5, 0.6) is 11.5 Å². The first kappa shape index (κ1) is 22.8. The summed E-state index contributed by atoms with van der Waals surface area (Å²) in [4.78, 5) is 0. The maximum atomic E-state index is 10.9. The summed E-state index contributed by atoms with van der Waals surface area (Å²) >= 11 is 0. The minimum absolute atomic E-state index is 0.0786. The van der Waals surface area contributed by atoms with Gasteiger partial charge in [-0.2, -0.15) is 0 Å². The van der Waals surface area contributed by atoms with Gasteiger partial charge in [0.05, 0.1) is 6.10 Å². The number of phenolic OH excluding ortho intramolecular Hbond substituents is 2. The van der Waals surface area contributed by atoms with Crippen LogP contribution in [0.15, 0.2) is 23.8 Å². The second-order valence-corrected chi connectivity index (χ2v) is 9.72. The van der Waals surface area contributed by atoms with Crippen molar-refractivity contribution in [3.63, 3.8) is 0 Å². The number of unbranched alkanes of at least 4 members (excludes halogenated alkanes) is 3. The molecular weight excluding hydrogens is 348 g/mol. The fourth-order valence-corrected chi connectivity index (χ4v) is 4.59. The van der Waals surface area contributed by atoms with E-state index in [9.17, 15) is 15.3 Å². The van der Waals surface area contributed by atoms with Crippen LogP contribution < -0.4 is 0 Å². The fourth-order valence-electron chi connectivity index (χ4n) is 4.59. The fraction of sp³-hybridized carbons (Fsp3) is 0.680. The van der Waals surface area contributed by atoms with E-state index in [1.807, 2.05) is 25.1 Å². The predicted octanol–water partition coefficient (Wildman–Crippen LogP) is 6.41. The molecule has 3 N–H and O–H groups in total. The lowest BCUT2D eigenvalue weighted by molar-refractivity contribution is 0.139. The standard InChI is InChI=1S/C25H40O3/c1-7-8-9-10-11-25(5,6)18-13-22(27)24(23(28)14-18)20-12-17(4)21(26)15-19(20)16(2)3/h12-14,16,19-21,26-28H,7-11,15H2,1-6H3. The van der Waals surface area contributed by atoms with Gasteiger partial charge in [0, 0.05) is 11.5 Å². The molecule has 1 aromatic carbocycles. The van der Waals surface area contributed by atoms with Crippen molar-refractivity contribution in [1.82, 2.24) is 0 Å². The first-order valence-corrected chi connectivity index (χ1v) is 11.0. The van der Waals surface area contributed by atoms with Gasteiger partial charge in [0.2, 0.25) is 0 Å². The predicted molar refractivity (Wildman–Crippen MR) is 117 cm³/mol. The van der Waals surface area contributed by atoms with Crippen LogP contribution in [0.25, 0.3) is 0 Å². The van der Waals surface area contributed by atoms with Gasteiger partial charge >= 0.3 is 0 Å². The highest BCUT2D eigenvalue weighted by atomic mass is 16.3. The molecule has 0 fully saturated rings. The third-order valence-corrected chi connectivity index (χ3v) is 6.69. The van der Waals surface area contributed by atoms with Crippen LogP contribution in [0, 0.1) is 11.8 Å². The van der Waals surface area contributed by atoms with Crippen molar-refractivity contribution in [2.24, 2.45) is 11.8 Å². The van der Waals surface area contributed by atoms with Gasteiger partial charge in [0.15, 0.2) is 0 Å². The lowest BCUT2D eigenvalue weighted by atomic mass is 9.70. The molecule has 1 aliphatic rings. The van der Waals surface area contributed by atoms with Crippen molar-refractivity contribution in [3.05, 3.63) is 34.9 Å². The van der Waals surface area contributed by atoms with Crippen LogP contribution in [0.4, 0.5) is 0 Å². The second-order valence-electron chi connectivity index (χ2n) is 9.72.